The molecule has 0 spiro atoms. The van der Waals surface area contributed by atoms with Gasteiger partial charge in [0, 0.05) is 51.4 Å². The number of hydrogen-bond acceptors (Lipinski definition) is 3. The van der Waals surface area contributed by atoms with Crippen molar-refractivity contribution in [3.63, 3.8) is 0 Å². The van der Waals surface area contributed by atoms with Gasteiger partial charge in [-0.1, -0.05) is 20.8 Å². The molecule has 2 aliphatic rings. The Bertz CT molecular complexity index is 312. The molecule has 3 heteroatoms. The number of nitrogens with zero attached hydrogens (tertiary/aromatic N) is 3. The summed E-state index contributed by atoms with van der Waals surface area (Å²) in [7, 11) is 0. The van der Waals surface area contributed by atoms with Gasteiger partial charge in [-0.15, -0.1) is 0 Å². The molecule has 2 saturated heterocycles. The molecular weight excluding hydrogens is 258 g/mol. The van der Waals surface area contributed by atoms with Gasteiger partial charge in [-0.3, -0.25) is 4.90 Å². The standard InChI is InChI=1S/C18H37N3/c1-17(2,3)15-20-13-16(14-20)7-8-19-9-11-21(12-10-19)18(4,5)6/h16H,7-15H2,1-6H3. The van der Waals surface area contributed by atoms with E-state index in [0.29, 0.717) is 11.0 Å². The van der Waals surface area contributed by atoms with Gasteiger partial charge in [0.15, 0.2) is 0 Å². The lowest BCUT2D eigenvalue weighted by molar-refractivity contribution is 0.0353. The Morgan fingerprint density at radius 3 is 1.86 bits per heavy atom. The number of hydrogen-bond donors (Lipinski definition) is 0. The van der Waals surface area contributed by atoms with E-state index in [1.165, 1.54) is 58.8 Å². The molecule has 0 bridgehead atoms. The molecule has 2 heterocycles. The lowest BCUT2D eigenvalue weighted by atomic mass is 9.90. The Labute approximate surface area is 132 Å². The predicted molar refractivity (Wildman–Crippen MR) is 91.8 cm³/mol. The van der Waals surface area contributed by atoms with E-state index in [4.69, 9.17) is 0 Å². The fourth-order valence-corrected chi connectivity index (χ4v) is 3.67. The SMILES string of the molecule is CC(C)(C)CN1CC(CCN2CCN(C(C)(C)C)CC2)C1. The molecule has 2 rings (SSSR count). The maximum Gasteiger partial charge on any atom is 0.0126 e. The molecule has 0 N–H and O–H groups in total. The normalized spacial score (nSPS) is 24.3. The third-order valence-electron chi connectivity index (χ3n) is 4.91. The van der Waals surface area contributed by atoms with Crippen molar-refractivity contribution in [2.75, 3.05) is 52.4 Å². The molecular formula is C18H37N3. The molecule has 124 valence electrons. The average molecular weight is 296 g/mol. The largest absolute Gasteiger partial charge is 0.302 e. The third-order valence-corrected chi connectivity index (χ3v) is 4.91. The van der Waals surface area contributed by atoms with Crippen LogP contribution in [-0.2, 0) is 0 Å². The number of rotatable bonds is 4. The van der Waals surface area contributed by atoms with E-state index in [9.17, 15) is 0 Å². The van der Waals surface area contributed by atoms with Gasteiger partial charge in [-0.25, -0.2) is 0 Å². The van der Waals surface area contributed by atoms with Crippen LogP contribution in [0.4, 0.5) is 0 Å². The summed E-state index contributed by atoms with van der Waals surface area (Å²) in [6, 6.07) is 0. The van der Waals surface area contributed by atoms with E-state index in [1.807, 2.05) is 0 Å². The summed E-state index contributed by atoms with van der Waals surface area (Å²) >= 11 is 0. The first-order valence-electron chi connectivity index (χ1n) is 8.83. The van der Waals surface area contributed by atoms with Gasteiger partial charge in [0.25, 0.3) is 0 Å². The second kappa shape index (κ2) is 6.55. The molecule has 0 aliphatic carbocycles. The van der Waals surface area contributed by atoms with Crippen molar-refractivity contribution in [2.24, 2.45) is 11.3 Å². The zero-order valence-electron chi connectivity index (χ0n) is 15.3. The maximum absolute atomic E-state index is 2.68. The summed E-state index contributed by atoms with van der Waals surface area (Å²) in [5.74, 6) is 0.952. The van der Waals surface area contributed by atoms with Crippen molar-refractivity contribution in [3.05, 3.63) is 0 Å². The zero-order valence-corrected chi connectivity index (χ0v) is 15.3. The van der Waals surface area contributed by atoms with E-state index in [-0.39, 0.29) is 0 Å². The summed E-state index contributed by atoms with van der Waals surface area (Å²) in [5, 5.41) is 0. The second-order valence-corrected chi connectivity index (χ2v) is 9.41. The van der Waals surface area contributed by atoms with Crippen molar-refractivity contribution >= 4 is 0 Å². The molecule has 0 atom stereocenters. The Morgan fingerprint density at radius 1 is 0.810 bits per heavy atom. The van der Waals surface area contributed by atoms with Gasteiger partial charge >= 0.3 is 0 Å². The van der Waals surface area contributed by atoms with Crippen molar-refractivity contribution in [1.82, 2.24) is 14.7 Å². The topological polar surface area (TPSA) is 9.72 Å². The van der Waals surface area contributed by atoms with Crippen molar-refractivity contribution in [1.29, 1.82) is 0 Å². The molecule has 0 radical (unpaired) electrons. The van der Waals surface area contributed by atoms with E-state index >= 15 is 0 Å². The van der Waals surface area contributed by atoms with E-state index in [2.05, 4.69) is 56.2 Å². The minimum Gasteiger partial charge on any atom is -0.302 e. The van der Waals surface area contributed by atoms with Crippen LogP contribution in [0.25, 0.3) is 0 Å². The first kappa shape index (κ1) is 17.2. The van der Waals surface area contributed by atoms with Crippen LogP contribution in [0, 0.1) is 11.3 Å². The zero-order chi connectivity index (χ0) is 15.7. The van der Waals surface area contributed by atoms with Gasteiger partial charge in [0.1, 0.15) is 0 Å². The molecule has 0 aromatic heterocycles. The number of piperazine rings is 1. The molecule has 0 aromatic rings. The third kappa shape index (κ3) is 5.54. The highest BCUT2D eigenvalue weighted by Crippen LogP contribution is 2.25. The lowest BCUT2D eigenvalue weighted by Gasteiger charge is -2.45. The number of likely N-dealkylation sites (tertiary alicyclic amines) is 1. The monoisotopic (exact) mass is 295 g/mol. The minimum absolute atomic E-state index is 0.341. The van der Waals surface area contributed by atoms with Crippen molar-refractivity contribution in [3.8, 4) is 0 Å². The summed E-state index contributed by atoms with van der Waals surface area (Å²) in [5.41, 5.74) is 0.793. The Kier molecular flexibility index (Phi) is 5.38. The smallest absolute Gasteiger partial charge is 0.0126 e. The Morgan fingerprint density at radius 2 is 1.38 bits per heavy atom. The van der Waals surface area contributed by atoms with Crippen LogP contribution in [0.1, 0.15) is 48.0 Å². The van der Waals surface area contributed by atoms with Gasteiger partial charge in [0.2, 0.25) is 0 Å². The fourth-order valence-electron chi connectivity index (χ4n) is 3.67. The quantitative estimate of drug-likeness (QED) is 0.789. The molecule has 0 aromatic carbocycles. The van der Waals surface area contributed by atoms with Gasteiger partial charge in [-0.2, -0.15) is 0 Å². The Hall–Kier alpha value is -0.120. The van der Waals surface area contributed by atoms with E-state index in [0.717, 1.165) is 5.92 Å². The van der Waals surface area contributed by atoms with Crippen LogP contribution in [0.5, 0.6) is 0 Å². The van der Waals surface area contributed by atoms with Crippen molar-refractivity contribution < 1.29 is 0 Å². The predicted octanol–water partition coefficient (Wildman–Crippen LogP) is 2.77. The molecule has 3 nitrogen and oxygen atoms in total. The molecule has 2 aliphatic heterocycles. The highest BCUT2D eigenvalue weighted by Gasteiger charge is 2.30. The summed E-state index contributed by atoms with van der Waals surface area (Å²) in [6.07, 6.45) is 1.40. The van der Waals surface area contributed by atoms with Crippen LogP contribution in [0.3, 0.4) is 0 Å². The lowest BCUT2D eigenvalue weighted by Crippen LogP contribution is -2.54. The molecule has 2 fully saturated rings. The van der Waals surface area contributed by atoms with Gasteiger partial charge in [-0.05, 0) is 45.1 Å². The minimum atomic E-state index is 0.341. The van der Waals surface area contributed by atoms with E-state index in [1.54, 1.807) is 0 Å². The molecule has 21 heavy (non-hydrogen) atoms. The molecule has 0 unspecified atom stereocenters. The van der Waals surface area contributed by atoms with Crippen LogP contribution in [0.2, 0.25) is 0 Å². The fraction of sp³-hybridized carbons (Fsp3) is 1.00. The van der Waals surface area contributed by atoms with Crippen LogP contribution in [0.15, 0.2) is 0 Å². The van der Waals surface area contributed by atoms with Crippen LogP contribution >= 0.6 is 0 Å². The van der Waals surface area contributed by atoms with Crippen molar-refractivity contribution in [2.45, 2.75) is 53.5 Å². The molecule has 0 saturated carbocycles. The van der Waals surface area contributed by atoms with Gasteiger partial charge < -0.3 is 9.80 Å². The highest BCUT2D eigenvalue weighted by molar-refractivity contribution is 4.85. The van der Waals surface area contributed by atoms with Crippen LogP contribution < -0.4 is 0 Å². The van der Waals surface area contributed by atoms with E-state index < -0.39 is 0 Å². The Balaban J connectivity index is 1.58. The average Bonchev–Trinajstić information content (AvgIpc) is 2.30. The summed E-state index contributed by atoms with van der Waals surface area (Å²) in [6.45, 7) is 24.3. The maximum atomic E-state index is 2.68. The first-order valence-corrected chi connectivity index (χ1v) is 8.83. The van der Waals surface area contributed by atoms with Gasteiger partial charge in [0.05, 0.1) is 0 Å². The highest BCUT2D eigenvalue weighted by atomic mass is 15.3. The summed E-state index contributed by atoms with van der Waals surface area (Å²) in [4.78, 5) is 7.93. The summed E-state index contributed by atoms with van der Waals surface area (Å²) < 4.78 is 0. The first-order chi connectivity index (χ1) is 9.63. The van der Waals surface area contributed by atoms with Crippen LogP contribution in [-0.4, -0.2) is 72.6 Å². The second-order valence-electron chi connectivity index (χ2n) is 9.41. The molecule has 0 amide bonds.